The Labute approximate surface area is 190 Å². The van der Waals surface area contributed by atoms with Gasteiger partial charge in [0.05, 0.1) is 0 Å². The van der Waals surface area contributed by atoms with Gasteiger partial charge in [0.2, 0.25) is 0 Å². The summed E-state index contributed by atoms with van der Waals surface area (Å²) in [6.45, 7) is 31.4. The summed E-state index contributed by atoms with van der Waals surface area (Å²) in [5, 5.41) is 0. The van der Waals surface area contributed by atoms with E-state index < -0.39 is 28.7 Å². The van der Waals surface area contributed by atoms with Crippen molar-refractivity contribution in [2.24, 2.45) is 0 Å². The third-order valence-corrected chi connectivity index (χ3v) is 23.5. The zero-order chi connectivity index (χ0) is 21.7. The molecule has 0 rings (SSSR count). The van der Waals surface area contributed by atoms with Crippen LogP contribution in [0.4, 0.5) is 0 Å². The molecule has 0 spiro atoms. The first-order chi connectivity index (χ1) is 12.3. The van der Waals surface area contributed by atoms with E-state index >= 15 is 0 Å². The maximum absolute atomic E-state index is 2.90. The summed E-state index contributed by atoms with van der Waals surface area (Å²) in [5.74, 6) is 0. The van der Waals surface area contributed by atoms with E-state index in [1.807, 2.05) is 4.41 Å². The van der Waals surface area contributed by atoms with Gasteiger partial charge in [-0.1, -0.05) is 0 Å². The number of unbranched alkanes of at least 4 members (excludes halogenated alkanes) is 1. The standard InChI is InChI=1S/C18H38Ge2.C6H14Ge/c1-10-11-12-18(20(16(6)7)17(8)9)13-19(14(2)3)15(4)5;1-5(2)7-6(3)4/h13-17H,10-12H2,1-9H3;5-6H,1-4H3/b18-13-;. The third kappa shape index (κ3) is 15.8. The first-order valence-electron chi connectivity index (χ1n) is 11.5. The van der Waals surface area contributed by atoms with E-state index in [0.29, 0.717) is 15.4 Å². The van der Waals surface area contributed by atoms with Crippen molar-refractivity contribution in [3.8, 4) is 0 Å². The molecule has 0 aromatic carbocycles. The topological polar surface area (TPSA) is 0 Å². The van der Waals surface area contributed by atoms with Crippen LogP contribution in [-0.4, -0.2) is 44.1 Å². The molecule has 27 heavy (non-hydrogen) atoms. The van der Waals surface area contributed by atoms with Gasteiger partial charge in [-0.3, -0.25) is 0 Å². The fraction of sp³-hybridized carbons (Fsp3) is 0.917. The molecular weight excluding hydrogens is 506 g/mol. The van der Waals surface area contributed by atoms with Gasteiger partial charge in [0.1, 0.15) is 0 Å². The van der Waals surface area contributed by atoms with E-state index in [4.69, 9.17) is 0 Å². The molecule has 0 aromatic rings. The molecule has 0 aliphatic carbocycles. The summed E-state index contributed by atoms with van der Waals surface area (Å²) in [5.41, 5.74) is 0. The van der Waals surface area contributed by atoms with Crippen LogP contribution < -0.4 is 0 Å². The number of rotatable bonds is 11. The van der Waals surface area contributed by atoms with Crippen LogP contribution in [0.15, 0.2) is 9.31 Å². The first-order valence-corrected chi connectivity index (χ1v) is 21.1. The van der Waals surface area contributed by atoms with Gasteiger partial charge in [-0.15, -0.1) is 0 Å². The van der Waals surface area contributed by atoms with Gasteiger partial charge in [0.15, 0.2) is 0 Å². The molecule has 0 saturated heterocycles. The van der Waals surface area contributed by atoms with Crippen molar-refractivity contribution in [1.29, 1.82) is 0 Å². The molecule has 160 valence electrons. The van der Waals surface area contributed by atoms with Crippen molar-refractivity contribution in [1.82, 2.24) is 0 Å². The molecule has 0 heterocycles. The summed E-state index contributed by atoms with van der Waals surface area (Å²) in [6, 6.07) is 0. The molecular formula is C24H52Ge3. The second kappa shape index (κ2) is 17.1. The Bertz CT molecular complexity index is 346. The molecule has 0 aliphatic rings. The summed E-state index contributed by atoms with van der Waals surface area (Å²) in [7, 11) is 0. The van der Waals surface area contributed by atoms with Crippen LogP contribution in [0.3, 0.4) is 0 Å². The summed E-state index contributed by atoms with van der Waals surface area (Å²) < 4.78 is 7.74. The number of hydrogen-bond donors (Lipinski definition) is 0. The quantitative estimate of drug-likeness (QED) is 0.222. The van der Waals surface area contributed by atoms with Gasteiger partial charge >= 0.3 is 191 Å². The Balaban J connectivity index is 0. The molecule has 0 aliphatic heterocycles. The fourth-order valence-corrected chi connectivity index (χ4v) is 23.0. The Kier molecular flexibility index (Phi) is 19.3. The van der Waals surface area contributed by atoms with Crippen molar-refractivity contribution >= 4 is 44.1 Å². The van der Waals surface area contributed by atoms with Crippen LogP contribution in [0.2, 0.25) is 28.5 Å². The minimum absolute atomic E-state index is 0.389. The second-order valence-electron chi connectivity index (χ2n) is 9.82. The van der Waals surface area contributed by atoms with E-state index in [-0.39, 0.29) is 0 Å². The molecule has 0 unspecified atom stereocenters. The molecule has 0 atom stereocenters. The molecule has 0 aromatic heterocycles. The van der Waals surface area contributed by atoms with Crippen molar-refractivity contribution in [3.05, 3.63) is 9.31 Å². The van der Waals surface area contributed by atoms with Crippen LogP contribution in [0.25, 0.3) is 0 Å². The number of allylic oxidation sites excluding steroid dienone is 1. The van der Waals surface area contributed by atoms with E-state index in [2.05, 4.69) is 94.9 Å². The van der Waals surface area contributed by atoms with Crippen molar-refractivity contribution in [3.63, 3.8) is 0 Å². The zero-order valence-electron chi connectivity index (χ0n) is 21.2. The average Bonchev–Trinajstić information content (AvgIpc) is 2.47. The molecule has 4 radical (unpaired) electrons. The van der Waals surface area contributed by atoms with Crippen molar-refractivity contribution in [2.75, 3.05) is 0 Å². The molecule has 0 N–H and O–H groups in total. The molecule has 3 heteroatoms. The molecule has 0 fully saturated rings. The van der Waals surface area contributed by atoms with Gasteiger partial charge in [-0.25, -0.2) is 0 Å². The van der Waals surface area contributed by atoms with Crippen LogP contribution in [0, 0.1) is 0 Å². The van der Waals surface area contributed by atoms with E-state index in [0.717, 1.165) is 28.5 Å². The van der Waals surface area contributed by atoms with Gasteiger partial charge in [-0.2, -0.15) is 0 Å². The van der Waals surface area contributed by atoms with E-state index in [1.54, 1.807) is 0 Å². The number of hydrogen-bond acceptors (Lipinski definition) is 0. The molecule has 0 saturated carbocycles. The zero-order valence-corrected chi connectivity index (χ0v) is 27.5. The Hall–Kier alpha value is 1.37. The third-order valence-electron chi connectivity index (χ3n) is 4.76. The van der Waals surface area contributed by atoms with Gasteiger partial charge < -0.3 is 0 Å². The predicted octanol–water partition coefficient (Wildman–Crippen LogP) is 9.16. The predicted molar refractivity (Wildman–Crippen MR) is 135 cm³/mol. The normalized spacial score (nSPS) is 13.1. The van der Waals surface area contributed by atoms with Gasteiger partial charge in [0, 0.05) is 0 Å². The van der Waals surface area contributed by atoms with Crippen LogP contribution in [0.1, 0.15) is 109 Å². The maximum atomic E-state index is 2.90. The van der Waals surface area contributed by atoms with E-state index in [1.165, 1.54) is 19.3 Å². The molecule has 0 amide bonds. The van der Waals surface area contributed by atoms with Gasteiger partial charge in [0.25, 0.3) is 0 Å². The summed E-state index contributed by atoms with van der Waals surface area (Å²) in [4.78, 5) is 2.90. The minimum atomic E-state index is -1.07. The average molecular weight is 559 g/mol. The fourth-order valence-electron chi connectivity index (χ4n) is 3.94. The van der Waals surface area contributed by atoms with Crippen molar-refractivity contribution in [2.45, 2.75) is 138 Å². The Morgan fingerprint density at radius 1 is 0.704 bits per heavy atom. The van der Waals surface area contributed by atoms with Crippen molar-refractivity contribution < 1.29 is 0 Å². The summed E-state index contributed by atoms with van der Waals surface area (Å²) in [6.07, 6.45) is 4.17. The molecule has 0 nitrogen and oxygen atoms in total. The van der Waals surface area contributed by atoms with Crippen LogP contribution in [-0.2, 0) is 0 Å². The molecule has 0 bridgehead atoms. The van der Waals surface area contributed by atoms with Gasteiger partial charge in [-0.05, 0) is 0 Å². The van der Waals surface area contributed by atoms with Crippen LogP contribution in [0.5, 0.6) is 0 Å². The second-order valence-corrected chi connectivity index (χ2v) is 31.0. The summed E-state index contributed by atoms with van der Waals surface area (Å²) >= 11 is -1.73. The Morgan fingerprint density at radius 2 is 1.11 bits per heavy atom. The first kappa shape index (κ1) is 30.6. The monoisotopic (exact) mass is 562 g/mol. The Morgan fingerprint density at radius 3 is 1.33 bits per heavy atom. The van der Waals surface area contributed by atoms with Crippen LogP contribution >= 0.6 is 0 Å². The van der Waals surface area contributed by atoms with E-state index in [9.17, 15) is 0 Å². The SMILES string of the molecule is CCCC/[C](=[CH]/[Ge]([CH](C)C)[CH](C)C)[Ge]([CH](C)C)[CH](C)C.C[CH](C)[Ge][CH](C)C.